The molecule has 0 bridgehead atoms. The molecule has 2 N–H and O–H groups in total. The summed E-state index contributed by atoms with van der Waals surface area (Å²) in [7, 11) is 0. The lowest BCUT2D eigenvalue weighted by Crippen LogP contribution is -2.12. The van der Waals surface area contributed by atoms with E-state index in [1.807, 2.05) is 42.6 Å². The molecule has 0 aliphatic heterocycles. The van der Waals surface area contributed by atoms with Crippen molar-refractivity contribution in [2.24, 2.45) is 0 Å². The van der Waals surface area contributed by atoms with Crippen molar-refractivity contribution in [3.63, 3.8) is 0 Å². The normalized spacial score (nSPS) is 10.5. The Labute approximate surface area is 122 Å². The van der Waals surface area contributed by atoms with Crippen molar-refractivity contribution in [3.8, 4) is 11.1 Å². The fourth-order valence-electron chi connectivity index (χ4n) is 2.17. The van der Waals surface area contributed by atoms with Crippen molar-refractivity contribution in [2.45, 2.75) is 6.92 Å². The number of rotatable bonds is 3. The number of nitrogens with one attached hydrogen (secondary N) is 2. The van der Waals surface area contributed by atoms with E-state index in [4.69, 9.17) is 4.74 Å². The highest BCUT2D eigenvalue weighted by molar-refractivity contribution is 5.99. The lowest BCUT2D eigenvalue weighted by Gasteiger charge is -2.05. The van der Waals surface area contributed by atoms with E-state index in [1.165, 1.54) is 0 Å². The summed E-state index contributed by atoms with van der Waals surface area (Å²) in [5, 5.41) is 3.56. The van der Waals surface area contributed by atoms with Crippen LogP contribution in [0.2, 0.25) is 0 Å². The second-order valence-corrected chi connectivity index (χ2v) is 4.53. The maximum absolute atomic E-state index is 11.5. The first kappa shape index (κ1) is 13.2. The van der Waals surface area contributed by atoms with Crippen LogP contribution < -0.4 is 5.32 Å². The highest BCUT2D eigenvalue weighted by Crippen LogP contribution is 2.27. The van der Waals surface area contributed by atoms with Crippen LogP contribution in [0.4, 0.5) is 10.5 Å². The molecule has 0 atom stereocenters. The summed E-state index contributed by atoms with van der Waals surface area (Å²) in [5.74, 6) is 0. The average Bonchev–Trinajstić information content (AvgIpc) is 2.91. The number of amides is 1. The van der Waals surface area contributed by atoms with E-state index in [9.17, 15) is 4.79 Å². The first-order valence-electron chi connectivity index (χ1n) is 6.74. The Kier molecular flexibility index (Phi) is 3.55. The summed E-state index contributed by atoms with van der Waals surface area (Å²) >= 11 is 0. The molecule has 0 saturated carbocycles. The lowest BCUT2D eigenvalue weighted by molar-refractivity contribution is 0.168. The van der Waals surface area contributed by atoms with Crippen LogP contribution in [0.5, 0.6) is 0 Å². The molecule has 1 aromatic carbocycles. The molecule has 3 aromatic rings. The van der Waals surface area contributed by atoms with Gasteiger partial charge in [0.05, 0.1) is 12.3 Å². The number of aromatic nitrogens is 2. The zero-order valence-corrected chi connectivity index (χ0v) is 11.6. The molecule has 0 radical (unpaired) electrons. The number of benzene rings is 1. The first-order valence-corrected chi connectivity index (χ1v) is 6.74. The second-order valence-electron chi connectivity index (χ2n) is 4.53. The third kappa shape index (κ3) is 2.72. The molecule has 0 aliphatic carbocycles. The predicted molar refractivity (Wildman–Crippen MR) is 82.2 cm³/mol. The van der Waals surface area contributed by atoms with E-state index in [1.54, 1.807) is 13.1 Å². The van der Waals surface area contributed by atoms with Gasteiger partial charge in [-0.05, 0) is 18.6 Å². The minimum Gasteiger partial charge on any atom is -0.450 e. The minimum atomic E-state index is -0.469. The van der Waals surface area contributed by atoms with Gasteiger partial charge >= 0.3 is 6.09 Å². The number of carbonyl (C=O) groups excluding carboxylic acids is 1. The van der Waals surface area contributed by atoms with Crippen molar-refractivity contribution >= 4 is 22.8 Å². The molecule has 5 heteroatoms. The van der Waals surface area contributed by atoms with E-state index < -0.39 is 6.09 Å². The topological polar surface area (TPSA) is 67.0 Å². The molecule has 0 aliphatic rings. The van der Waals surface area contributed by atoms with Crippen molar-refractivity contribution in [3.05, 3.63) is 48.8 Å². The highest BCUT2D eigenvalue weighted by Gasteiger charge is 2.10. The summed E-state index contributed by atoms with van der Waals surface area (Å²) in [6, 6.07) is 12.0. The van der Waals surface area contributed by atoms with Crippen LogP contribution in [0.25, 0.3) is 22.2 Å². The van der Waals surface area contributed by atoms with Gasteiger partial charge < -0.3 is 9.72 Å². The summed E-state index contributed by atoms with van der Waals surface area (Å²) in [6.45, 7) is 2.10. The maximum atomic E-state index is 11.5. The third-order valence-electron chi connectivity index (χ3n) is 3.15. The number of pyridine rings is 1. The summed E-state index contributed by atoms with van der Waals surface area (Å²) < 4.78 is 4.89. The van der Waals surface area contributed by atoms with Gasteiger partial charge in [-0.3, -0.25) is 5.32 Å². The summed E-state index contributed by atoms with van der Waals surface area (Å²) in [5.41, 5.74) is 3.46. The molecule has 0 saturated heterocycles. The van der Waals surface area contributed by atoms with Gasteiger partial charge in [-0.1, -0.05) is 30.3 Å². The summed E-state index contributed by atoms with van der Waals surface area (Å²) in [4.78, 5) is 19.0. The molecule has 1 amide bonds. The number of H-pyrrole nitrogens is 1. The molecular weight excluding hydrogens is 266 g/mol. The Morgan fingerprint density at radius 3 is 2.86 bits per heavy atom. The summed E-state index contributed by atoms with van der Waals surface area (Å²) in [6.07, 6.45) is 3.05. The molecule has 106 valence electrons. The van der Waals surface area contributed by atoms with Crippen molar-refractivity contribution < 1.29 is 9.53 Å². The molecule has 3 rings (SSSR count). The molecule has 0 fully saturated rings. The zero-order valence-electron chi connectivity index (χ0n) is 11.6. The molecule has 5 nitrogen and oxygen atoms in total. The lowest BCUT2D eigenvalue weighted by atomic mass is 10.1. The SMILES string of the molecule is CCOC(=O)Nc1c[nH]c2ncc(-c3ccccc3)cc12. The maximum Gasteiger partial charge on any atom is 0.411 e. The molecule has 0 spiro atoms. The Morgan fingerprint density at radius 2 is 2.10 bits per heavy atom. The number of hydrogen-bond donors (Lipinski definition) is 2. The van der Waals surface area contributed by atoms with Gasteiger partial charge in [0.1, 0.15) is 5.65 Å². The van der Waals surface area contributed by atoms with Crippen LogP contribution in [0, 0.1) is 0 Å². The molecule has 0 unspecified atom stereocenters. The van der Waals surface area contributed by atoms with Crippen LogP contribution in [0.1, 0.15) is 6.92 Å². The van der Waals surface area contributed by atoms with Gasteiger partial charge in [-0.25, -0.2) is 9.78 Å². The average molecular weight is 281 g/mol. The number of nitrogens with zero attached hydrogens (tertiary/aromatic N) is 1. The van der Waals surface area contributed by atoms with Crippen molar-refractivity contribution in [2.75, 3.05) is 11.9 Å². The van der Waals surface area contributed by atoms with Crippen LogP contribution in [0.3, 0.4) is 0 Å². The van der Waals surface area contributed by atoms with Gasteiger partial charge in [0.2, 0.25) is 0 Å². The Hall–Kier alpha value is -2.82. The fraction of sp³-hybridized carbons (Fsp3) is 0.125. The van der Waals surface area contributed by atoms with Crippen molar-refractivity contribution in [1.82, 2.24) is 9.97 Å². The molecule has 2 heterocycles. The van der Waals surface area contributed by atoms with Crippen LogP contribution >= 0.6 is 0 Å². The fourth-order valence-corrected chi connectivity index (χ4v) is 2.17. The zero-order chi connectivity index (χ0) is 14.7. The smallest absolute Gasteiger partial charge is 0.411 e. The Balaban J connectivity index is 1.98. The molecule has 2 aromatic heterocycles. The standard InChI is InChI=1S/C16H15N3O2/c1-2-21-16(20)19-14-10-18-15-13(14)8-12(9-17-15)11-6-4-3-5-7-11/h3-10H,2H2,1H3,(H,17,18)(H,19,20). The van der Waals surface area contributed by atoms with E-state index in [0.29, 0.717) is 12.3 Å². The third-order valence-corrected chi connectivity index (χ3v) is 3.15. The van der Waals surface area contributed by atoms with Gasteiger partial charge in [0.15, 0.2) is 0 Å². The van der Waals surface area contributed by atoms with Crippen LogP contribution in [-0.2, 0) is 4.74 Å². The number of carbonyl (C=O) groups is 1. The van der Waals surface area contributed by atoms with Gasteiger partial charge in [-0.2, -0.15) is 0 Å². The quantitative estimate of drug-likeness (QED) is 0.767. The Bertz CT molecular complexity index is 766. The van der Waals surface area contributed by atoms with Gasteiger partial charge in [-0.15, -0.1) is 0 Å². The first-order chi connectivity index (χ1) is 10.3. The van der Waals surface area contributed by atoms with Crippen LogP contribution in [-0.4, -0.2) is 22.7 Å². The van der Waals surface area contributed by atoms with E-state index in [0.717, 1.165) is 22.2 Å². The van der Waals surface area contributed by atoms with E-state index in [-0.39, 0.29) is 0 Å². The van der Waals surface area contributed by atoms with Crippen molar-refractivity contribution in [1.29, 1.82) is 0 Å². The van der Waals surface area contributed by atoms with Gasteiger partial charge in [0, 0.05) is 23.3 Å². The predicted octanol–water partition coefficient (Wildman–Crippen LogP) is 3.80. The minimum absolute atomic E-state index is 0.335. The number of aromatic amines is 1. The Morgan fingerprint density at radius 1 is 1.29 bits per heavy atom. The largest absolute Gasteiger partial charge is 0.450 e. The molecule has 21 heavy (non-hydrogen) atoms. The number of hydrogen-bond acceptors (Lipinski definition) is 3. The number of ether oxygens (including phenoxy) is 1. The second kappa shape index (κ2) is 5.66. The number of anilines is 1. The van der Waals surface area contributed by atoms with Gasteiger partial charge in [0.25, 0.3) is 0 Å². The van der Waals surface area contributed by atoms with E-state index >= 15 is 0 Å². The van der Waals surface area contributed by atoms with E-state index in [2.05, 4.69) is 15.3 Å². The monoisotopic (exact) mass is 281 g/mol. The molecular formula is C16H15N3O2. The van der Waals surface area contributed by atoms with Crippen LogP contribution in [0.15, 0.2) is 48.8 Å². The highest BCUT2D eigenvalue weighted by atomic mass is 16.5. The number of fused-ring (bicyclic) bond motifs is 1.